The molecule has 1 unspecified atom stereocenters. The molecule has 1 atom stereocenters. The molecule has 0 radical (unpaired) electrons. The molecule has 0 aliphatic carbocycles. The first-order valence-electron chi connectivity index (χ1n) is 13.8. The molecule has 1 aliphatic heterocycles. The van der Waals surface area contributed by atoms with Gasteiger partial charge < -0.3 is 25.6 Å². The molecule has 0 amide bonds. The zero-order valence-corrected chi connectivity index (χ0v) is 23.0. The van der Waals surface area contributed by atoms with Crippen molar-refractivity contribution in [3.05, 3.63) is 54.5 Å². The number of amidine groups is 1. The third-order valence-corrected chi connectivity index (χ3v) is 6.75. The number of fused-ring (bicyclic) bond motifs is 1. The molecule has 7 heteroatoms. The van der Waals surface area contributed by atoms with Gasteiger partial charge in [-0.05, 0) is 88.0 Å². The summed E-state index contributed by atoms with van der Waals surface area (Å²) in [4.78, 5) is 6.63. The molecule has 1 aliphatic rings. The summed E-state index contributed by atoms with van der Waals surface area (Å²) < 4.78 is 6.39. The summed E-state index contributed by atoms with van der Waals surface area (Å²) in [6.07, 6.45) is 13.5. The third kappa shape index (κ3) is 10.6. The maximum absolute atomic E-state index is 8.35. The van der Waals surface area contributed by atoms with Crippen LogP contribution in [0.5, 0.6) is 5.75 Å². The number of nitrogens with two attached hydrogens (primary N) is 1. The van der Waals surface area contributed by atoms with Gasteiger partial charge >= 0.3 is 0 Å². The lowest BCUT2D eigenvalue weighted by atomic mass is 9.97. The minimum absolute atomic E-state index is 0.335. The second-order valence-electron chi connectivity index (χ2n) is 9.82. The average molecular weight is 499 g/mol. The topological polar surface area (TPSA) is 80.9 Å². The van der Waals surface area contributed by atoms with Gasteiger partial charge in [0.05, 0.1) is 12.6 Å². The molecule has 0 saturated heterocycles. The molecule has 1 aromatic carbocycles. The van der Waals surface area contributed by atoms with Crippen molar-refractivity contribution in [1.82, 2.24) is 20.0 Å². The molecule has 36 heavy (non-hydrogen) atoms. The van der Waals surface area contributed by atoms with E-state index in [1.165, 1.54) is 62.6 Å². The van der Waals surface area contributed by atoms with Crippen molar-refractivity contribution < 1.29 is 4.74 Å². The van der Waals surface area contributed by atoms with E-state index >= 15 is 0 Å². The molecule has 7 nitrogen and oxygen atoms in total. The van der Waals surface area contributed by atoms with Crippen LogP contribution in [0.2, 0.25) is 0 Å². The number of hydrogen-bond acceptors (Lipinski definition) is 6. The van der Waals surface area contributed by atoms with Crippen molar-refractivity contribution in [3.8, 4) is 5.75 Å². The van der Waals surface area contributed by atoms with Crippen molar-refractivity contribution >= 4 is 5.84 Å². The van der Waals surface area contributed by atoms with Crippen LogP contribution in [0, 0.1) is 5.41 Å². The number of ether oxygens (including phenoxy) is 1. The van der Waals surface area contributed by atoms with Crippen LogP contribution in [-0.4, -0.2) is 73.0 Å². The van der Waals surface area contributed by atoms with Gasteiger partial charge in [-0.25, -0.2) is 0 Å². The third-order valence-electron chi connectivity index (χ3n) is 6.75. The van der Waals surface area contributed by atoms with Gasteiger partial charge in [0.2, 0.25) is 0 Å². The Kier molecular flexibility index (Phi) is 14.1. The van der Waals surface area contributed by atoms with Crippen LogP contribution in [0.25, 0.3) is 0 Å². The number of benzene rings is 1. The largest absolute Gasteiger partial charge is 0.490 e. The zero-order valence-electron chi connectivity index (χ0n) is 23.0. The molecule has 2 rings (SSSR count). The molecule has 0 spiro atoms. The van der Waals surface area contributed by atoms with E-state index in [9.17, 15) is 0 Å². The Bertz CT molecular complexity index is 805. The SMILES string of the molecule is C=CN(C)C(=N)CN(CCN/C=C\N)Cc1ccc2c(c1)CCC(CCCCN(CCC)CCC)O2. The molecule has 4 N–H and O–H groups in total. The molecule has 0 bridgehead atoms. The maximum Gasteiger partial charge on any atom is 0.122 e. The lowest BCUT2D eigenvalue weighted by Crippen LogP contribution is -2.38. The molecule has 202 valence electrons. The number of hydrogen-bond donors (Lipinski definition) is 3. The second kappa shape index (κ2) is 17.0. The summed E-state index contributed by atoms with van der Waals surface area (Å²) in [5.41, 5.74) is 7.99. The first-order chi connectivity index (χ1) is 17.5. The molecule has 0 aromatic heterocycles. The monoisotopic (exact) mass is 498 g/mol. The van der Waals surface area contributed by atoms with Gasteiger partial charge in [0.1, 0.15) is 11.6 Å². The van der Waals surface area contributed by atoms with E-state index < -0.39 is 0 Å². The minimum atomic E-state index is 0.335. The van der Waals surface area contributed by atoms with Crippen LogP contribution < -0.4 is 15.8 Å². The van der Waals surface area contributed by atoms with Crippen LogP contribution in [-0.2, 0) is 13.0 Å². The molecule has 0 saturated carbocycles. The van der Waals surface area contributed by atoms with Gasteiger partial charge in [-0.3, -0.25) is 10.3 Å². The predicted molar refractivity (Wildman–Crippen MR) is 152 cm³/mol. The number of nitrogens with zero attached hydrogens (tertiary/aromatic N) is 3. The van der Waals surface area contributed by atoms with E-state index in [4.69, 9.17) is 15.9 Å². The van der Waals surface area contributed by atoms with E-state index in [-0.39, 0.29) is 0 Å². The smallest absolute Gasteiger partial charge is 0.122 e. The Balaban J connectivity index is 1.88. The minimum Gasteiger partial charge on any atom is -0.490 e. The summed E-state index contributed by atoms with van der Waals surface area (Å²) >= 11 is 0. The van der Waals surface area contributed by atoms with E-state index in [0.717, 1.165) is 44.6 Å². The molecule has 1 heterocycles. The second-order valence-corrected chi connectivity index (χ2v) is 9.82. The number of nitrogens with one attached hydrogen (secondary N) is 2. The maximum atomic E-state index is 8.35. The van der Waals surface area contributed by atoms with Gasteiger partial charge in [-0.2, -0.15) is 0 Å². The number of likely N-dealkylation sites (N-methyl/N-ethyl adjacent to an activating group) is 1. The Morgan fingerprint density at radius 2 is 1.94 bits per heavy atom. The molecule has 0 fully saturated rings. The fraction of sp³-hybridized carbons (Fsp3) is 0.621. The normalized spacial score (nSPS) is 15.2. The predicted octanol–water partition coefficient (Wildman–Crippen LogP) is 4.55. The van der Waals surface area contributed by atoms with Crippen LogP contribution in [0.1, 0.15) is 63.5 Å². The number of aryl methyl sites for hydroxylation is 1. The highest BCUT2D eigenvalue weighted by molar-refractivity contribution is 5.81. The summed E-state index contributed by atoms with van der Waals surface area (Å²) in [5, 5.41) is 11.5. The zero-order chi connectivity index (χ0) is 26.2. The van der Waals surface area contributed by atoms with Crippen molar-refractivity contribution in [2.75, 3.05) is 46.3 Å². The van der Waals surface area contributed by atoms with E-state index in [0.29, 0.717) is 18.5 Å². The molecule has 1 aromatic rings. The molecular formula is C29H50N6O. The van der Waals surface area contributed by atoms with Crippen LogP contribution in [0.4, 0.5) is 0 Å². The van der Waals surface area contributed by atoms with Gasteiger partial charge in [0.15, 0.2) is 0 Å². The molecular weight excluding hydrogens is 448 g/mol. The van der Waals surface area contributed by atoms with Crippen LogP contribution in [0.3, 0.4) is 0 Å². The Morgan fingerprint density at radius 1 is 1.17 bits per heavy atom. The van der Waals surface area contributed by atoms with E-state index in [1.54, 1.807) is 17.3 Å². The van der Waals surface area contributed by atoms with Crippen molar-refractivity contribution in [2.24, 2.45) is 5.73 Å². The number of rotatable bonds is 18. The van der Waals surface area contributed by atoms with Crippen molar-refractivity contribution in [1.29, 1.82) is 5.41 Å². The first-order valence-corrected chi connectivity index (χ1v) is 13.8. The summed E-state index contributed by atoms with van der Waals surface area (Å²) in [5.74, 6) is 1.57. The standard InChI is InChI=1S/C29H50N6O/c1-5-18-34(19-6-2)20-9-8-10-27-13-12-26-22-25(11-14-28(26)36-27)23-35(21-17-32-16-15-30)24-29(31)33(4)7-3/h7,11,14-16,22,27,31-32H,3,5-6,8-10,12-13,17-21,23-24,30H2,1-2,4H3/b16-15-,31-29?. The van der Waals surface area contributed by atoms with Gasteiger partial charge in [0, 0.05) is 39.1 Å². The van der Waals surface area contributed by atoms with E-state index in [1.807, 2.05) is 7.05 Å². The average Bonchev–Trinajstić information content (AvgIpc) is 2.88. The highest BCUT2D eigenvalue weighted by atomic mass is 16.5. The highest BCUT2D eigenvalue weighted by Crippen LogP contribution is 2.30. The Morgan fingerprint density at radius 3 is 2.64 bits per heavy atom. The summed E-state index contributed by atoms with van der Waals surface area (Å²) in [7, 11) is 1.86. The Hall–Kier alpha value is -2.51. The van der Waals surface area contributed by atoms with Gasteiger partial charge in [-0.1, -0.05) is 32.6 Å². The fourth-order valence-corrected chi connectivity index (χ4v) is 4.75. The Labute approximate surface area is 219 Å². The van der Waals surface area contributed by atoms with Gasteiger partial charge in [0.25, 0.3) is 0 Å². The number of unbranched alkanes of at least 4 members (excludes halogenated alkanes) is 1. The quantitative estimate of drug-likeness (QED) is 0.157. The van der Waals surface area contributed by atoms with Crippen LogP contribution in [0.15, 0.2) is 43.4 Å². The van der Waals surface area contributed by atoms with Crippen LogP contribution >= 0.6 is 0 Å². The van der Waals surface area contributed by atoms with Crippen molar-refractivity contribution in [3.63, 3.8) is 0 Å². The summed E-state index contributed by atoms with van der Waals surface area (Å²) in [6.45, 7) is 14.9. The highest BCUT2D eigenvalue weighted by Gasteiger charge is 2.20. The first kappa shape index (κ1) is 29.7. The van der Waals surface area contributed by atoms with E-state index in [2.05, 4.69) is 53.7 Å². The lowest BCUT2D eigenvalue weighted by Gasteiger charge is -2.28. The lowest BCUT2D eigenvalue weighted by molar-refractivity contribution is 0.157. The fourth-order valence-electron chi connectivity index (χ4n) is 4.75. The summed E-state index contributed by atoms with van der Waals surface area (Å²) in [6, 6.07) is 6.62. The van der Waals surface area contributed by atoms with Gasteiger partial charge in [-0.15, -0.1) is 0 Å². The van der Waals surface area contributed by atoms with Crippen molar-refractivity contribution in [2.45, 2.75) is 71.4 Å².